The summed E-state index contributed by atoms with van der Waals surface area (Å²) < 4.78 is 22.5. The number of halogens is 1. The SMILES string of the molecule is Cc1nccc2c1c(=O)n(C)c1c(F)c(ON(C(=O)OC(C)(C)C)[C@@H](C)CC(C)C)ccc21. The second-order valence-corrected chi connectivity index (χ2v) is 9.83. The van der Waals surface area contributed by atoms with Gasteiger partial charge in [0.1, 0.15) is 5.60 Å². The number of hydrogen-bond acceptors (Lipinski definition) is 5. The minimum atomic E-state index is -0.743. The van der Waals surface area contributed by atoms with Crippen molar-refractivity contribution in [3.63, 3.8) is 0 Å². The monoisotopic (exact) mass is 457 g/mol. The third-order valence-electron chi connectivity index (χ3n) is 5.35. The zero-order valence-electron chi connectivity index (χ0n) is 20.5. The maximum Gasteiger partial charge on any atom is 0.443 e. The summed E-state index contributed by atoms with van der Waals surface area (Å²) in [5.74, 6) is -0.614. The van der Waals surface area contributed by atoms with Crippen LogP contribution in [-0.4, -0.2) is 32.4 Å². The quantitative estimate of drug-likeness (QED) is 0.374. The molecular weight excluding hydrogens is 425 g/mol. The average Bonchev–Trinajstić information content (AvgIpc) is 2.68. The largest absolute Gasteiger partial charge is 0.443 e. The van der Waals surface area contributed by atoms with Crippen LogP contribution in [0.1, 0.15) is 53.7 Å². The highest BCUT2D eigenvalue weighted by Gasteiger charge is 2.30. The number of rotatable bonds is 5. The first kappa shape index (κ1) is 24.5. The lowest BCUT2D eigenvalue weighted by molar-refractivity contribution is -0.0983. The molecule has 0 saturated heterocycles. The summed E-state index contributed by atoms with van der Waals surface area (Å²) in [5, 5.41) is 2.69. The predicted molar refractivity (Wildman–Crippen MR) is 127 cm³/mol. The molecule has 2 heterocycles. The van der Waals surface area contributed by atoms with Crippen LogP contribution < -0.4 is 10.4 Å². The van der Waals surface area contributed by atoms with Crippen LogP contribution in [0.2, 0.25) is 0 Å². The Morgan fingerprint density at radius 1 is 1.18 bits per heavy atom. The molecule has 7 nitrogen and oxygen atoms in total. The fourth-order valence-corrected chi connectivity index (χ4v) is 3.99. The number of aryl methyl sites for hydroxylation is 2. The number of aromatic nitrogens is 2. The number of amides is 1. The standard InChI is InChI=1S/C25H32FN3O4/c1-14(2)13-15(3)29(24(31)32-25(5,6)7)33-19-10-9-18-17-11-12-27-16(4)20(17)23(30)28(8)22(18)21(19)26/h9-12,14-15H,13H2,1-8H3/t15-/m0/s1. The summed E-state index contributed by atoms with van der Waals surface area (Å²) in [6.45, 7) is 12.9. The van der Waals surface area contributed by atoms with Gasteiger partial charge in [0.2, 0.25) is 0 Å². The van der Waals surface area contributed by atoms with Gasteiger partial charge in [0, 0.05) is 18.6 Å². The Balaban J connectivity index is 2.14. The van der Waals surface area contributed by atoms with Crippen LogP contribution in [0.4, 0.5) is 9.18 Å². The van der Waals surface area contributed by atoms with Gasteiger partial charge >= 0.3 is 6.09 Å². The van der Waals surface area contributed by atoms with Gasteiger partial charge in [-0.15, -0.1) is 5.06 Å². The molecule has 1 atom stereocenters. The molecule has 0 fully saturated rings. The molecule has 33 heavy (non-hydrogen) atoms. The highest BCUT2D eigenvalue weighted by atomic mass is 19.1. The number of pyridine rings is 2. The first-order valence-corrected chi connectivity index (χ1v) is 11.1. The van der Waals surface area contributed by atoms with Gasteiger partial charge in [-0.25, -0.2) is 9.18 Å². The van der Waals surface area contributed by atoms with Crippen LogP contribution in [-0.2, 0) is 11.8 Å². The zero-order chi connectivity index (χ0) is 24.7. The Morgan fingerprint density at radius 3 is 2.45 bits per heavy atom. The second-order valence-electron chi connectivity index (χ2n) is 9.83. The van der Waals surface area contributed by atoms with Gasteiger partial charge in [0.15, 0.2) is 11.6 Å². The minimum absolute atomic E-state index is 0.0938. The van der Waals surface area contributed by atoms with Crippen LogP contribution in [0.25, 0.3) is 21.7 Å². The molecule has 0 aliphatic heterocycles. The van der Waals surface area contributed by atoms with Crippen molar-refractivity contribution in [2.45, 2.75) is 66.5 Å². The molecule has 0 aliphatic carbocycles. The molecule has 0 aliphatic rings. The average molecular weight is 458 g/mol. The van der Waals surface area contributed by atoms with Gasteiger partial charge in [-0.2, -0.15) is 0 Å². The number of fused-ring (bicyclic) bond motifs is 3. The Morgan fingerprint density at radius 2 is 1.85 bits per heavy atom. The third-order valence-corrected chi connectivity index (χ3v) is 5.35. The van der Waals surface area contributed by atoms with E-state index in [-0.39, 0.29) is 28.8 Å². The summed E-state index contributed by atoms with van der Waals surface area (Å²) in [6, 6.07) is 4.49. The molecule has 0 bridgehead atoms. The van der Waals surface area contributed by atoms with Crippen molar-refractivity contribution in [2.24, 2.45) is 13.0 Å². The number of nitrogens with zero attached hydrogens (tertiary/aromatic N) is 3. The molecular formula is C25H32FN3O4. The summed E-state index contributed by atoms with van der Waals surface area (Å²) in [7, 11) is 1.51. The molecule has 0 N–H and O–H groups in total. The molecule has 0 radical (unpaired) electrons. The topological polar surface area (TPSA) is 73.7 Å². The number of carbonyl (C=O) groups excluding carboxylic acids is 1. The van der Waals surface area contributed by atoms with Gasteiger partial charge in [0.25, 0.3) is 5.56 Å². The van der Waals surface area contributed by atoms with E-state index in [9.17, 15) is 9.59 Å². The Labute approximate surface area is 193 Å². The number of hydrogen-bond donors (Lipinski definition) is 0. The van der Waals surface area contributed by atoms with E-state index in [0.29, 0.717) is 28.3 Å². The Kier molecular flexibility index (Phi) is 6.68. The second kappa shape index (κ2) is 9.00. The van der Waals surface area contributed by atoms with E-state index >= 15 is 4.39 Å². The molecule has 3 aromatic rings. The van der Waals surface area contributed by atoms with E-state index in [2.05, 4.69) is 4.98 Å². The van der Waals surface area contributed by atoms with Crippen molar-refractivity contribution in [1.29, 1.82) is 0 Å². The number of benzene rings is 1. The van der Waals surface area contributed by atoms with Crippen molar-refractivity contribution in [3.8, 4) is 5.75 Å². The lowest BCUT2D eigenvalue weighted by Gasteiger charge is -2.31. The number of ether oxygens (including phenoxy) is 1. The minimum Gasteiger partial charge on any atom is -0.442 e. The molecule has 8 heteroatoms. The normalized spacial score (nSPS) is 12.9. The summed E-state index contributed by atoms with van der Waals surface area (Å²) in [4.78, 5) is 35.9. The first-order valence-electron chi connectivity index (χ1n) is 11.1. The van der Waals surface area contributed by atoms with E-state index in [4.69, 9.17) is 9.57 Å². The van der Waals surface area contributed by atoms with Crippen LogP contribution in [0.5, 0.6) is 5.75 Å². The maximum atomic E-state index is 15.7. The van der Waals surface area contributed by atoms with Gasteiger partial charge < -0.3 is 14.1 Å². The van der Waals surface area contributed by atoms with Gasteiger partial charge in [-0.05, 0) is 70.5 Å². The van der Waals surface area contributed by atoms with Crippen LogP contribution in [0, 0.1) is 18.7 Å². The van der Waals surface area contributed by atoms with Crippen LogP contribution in [0.3, 0.4) is 0 Å². The highest BCUT2D eigenvalue weighted by Crippen LogP contribution is 2.31. The van der Waals surface area contributed by atoms with E-state index in [1.807, 2.05) is 20.8 Å². The fraction of sp³-hybridized carbons (Fsp3) is 0.480. The van der Waals surface area contributed by atoms with Crippen molar-refractivity contribution in [2.75, 3.05) is 0 Å². The molecule has 3 rings (SSSR count). The van der Waals surface area contributed by atoms with Crippen molar-refractivity contribution >= 4 is 27.8 Å². The summed E-state index contributed by atoms with van der Waals surface area (Å²) in [5.41, 5.74) is -0.422. The van der Waals surface area contributed by atoms with Crippen LogP contribution in [0.15, 0.2) is 29.2 Å². The summed E-state index contributed by atoms with van der Waals surface area (Å²) in [6.07, 6.45) is 1.52. The van der Waals surface area contributed by atoms with E-state index in [1.54, 1.807) is 46.0 Å². The third kappa shape index (κ3) is 4.94. The van der Waals surface area contributed by atoms with Gasteiger partial charge in [-0.1, -0.05) is 13.8 Å². The van der Waals surface area contributed by atoms with Crippen molar-refractivity contribution in [3.05, 3.63) is 46.3 Å². The lowest BCUT2D eigenvalue weighted by Crippen LogP contribution is -2.45. The molecule has 0 unspecified atom stereocenters. The molecule has 178 valence electrons. The summed E-state index contributed by atoms with van der Waals surface area (Å²) >= 11 is 0. The van der Waals surface area contributed by atoms with Crippen molar-refractivity contribution in [1.82, 2.24) is 14.6 Å². The fourth-order valence-electron chi connectivity index (χ4n) is 3.99. The molecule has 1 amide bonds. The van der Waals surface area contributed by atoms with Crippen molar-refractivity contribution < 1.29 is 18.8 Å². The molecule has 0 saturated carbocycles. The predicted octanol–water partition coefficient (Wildman–Crippen LogP) is 5.50. The Hall–Kier alpha value is -3.16. The number of hydroxylamine groups is 2. The van der Waals surface area contributed by atoms with Gasteiger partial charge in [-0.3, -0.25) is 9.78 Å². The smallest absolute Gasteiger partial charge is 0.442 e. The van der Waals surface area contributed by atoms with E-state index < -0.39 is 17.5 Å². The molecule has 0 spiro atoms. The molecule has 2 aromatic heterocycles. The van der Waals surface area contributed by atoms with E-state index in [1.165, 1.54) is 17.7 Å². The van der Waals surface area contributed by atoms with Gasteiger partial charge in [0.05, 0.1) is 22.6 Å². The number of carbonyl (C=O) groups is 1. The van der Waals surface area contributed by atoms with Crippen LogP contribution >= 0.6 is 0 Å². The molecule has 1 aromatic carbocycles. The zero-order valence-corrected chi connectivity index (χ0v) is 20.5. The lowest BCUT2D eigenvalue weighted by atomic mass is 10.1. The Bertz CT molecular complexity index is 1260. The highest BCUT2D eigenvalue weighted by molar-refractivity contribution is 6.06. The maximum absolute atomic E-state index is 15.7. The first-order chi connectivity index (χ1) is 15.3. The van der Waals surface area contributed by atoms with E-state index in [0.717, 1.165) is 5.06 Å².